The number of rotatable bonds is 6. The quantitative estimate of drug-likeness (QED) is 0.708. The molecule has 0 bridgehead atoms. The van der Waals surface area contributed by atoms with Crippen molar-refractivity contribution in [2.75, 3.05) is 7.11 Å². The number of hydrogen-bond donors (Lipinski definition) is 1. The Hall–Kier alpha value is -3.22. The Morgan fingerprint density at radius 2 is 1.90 bits per heavy atom. The van der Waals surface area contributed by atoms with Crippen molar-refractivity contribution in [1.82, 2.24) is 5.16 Å². The summed E-state index contributed by atoms with van der Waals surface area (Å²) in [4.78, 5) is 29.7. The van der Waals surface area contributed by atoms with E-state index in [0.717, 1.165) is 6.42 Å². The Labute approximate surface area is 174 Å². The van der Waals surface area contributed by atoms with Gasteiger partial charge in [-0.2, -0.15) is 0 Å². The lowest BCUT2D eigenvalue weighted by Crippen LogP contribution is -2.20. The number of ether oxygens (including phenoxy) is 1. The van der Waals surface area contributed by atoms with Crippen LogP contribution in [0.2, 0.25) is 0 Å². The standard InChI is InChI=1S/C23H24N2O5/c1-29-20-10-3-2-6-14(20)24-15(22-17(26)7-4-8-18(22)27)12-13-16-23-19(28)9-5-11-21(23)30-25-16/h2-3,6,10,26H,4-5,7-9,11-13H2,1H3. The van der Waals surface area contributed by atoms with Gasteiger partial charge in [0, 0.05) is 25.7 Å². The number of Topliss-reactive ketones (excluding diaryl/α,β-unsaturated/α-hetero) is 2. The van der Waals surface area contributed by atoms with Crippen molar-refractivity contribution < 1.29 is 24.0 Å². The molecule has 1 N–H and O–H groups in total. The number of aliphatic hydroxyl groups excluding tert-OH is 1. The van der Waals surface area contributed by atoms with E-state index in [4.69, 9.17) is 14.3 Å². The molecule has 0 unspecified atom stereocenters. The molecule has 0 saturated carbocycles. The van der Waals surface area contributed by atoms with Crippen LogP contribution >= 0.6 is 0 Å². The molecule has 7 heteroatoms. The Kier molecular flexibility index (Phi) is 5.79. The number of fused-ring (bicyclic) bond motifs is 1. The lowest BCUT2D eigenvalue weighted by atomic mass is 9.89. The van der Waals surface area contributed by atoms with Gasteiger partial charge in [-0.15, -0.1) is 0 Å². The first kappa shape index (κ1) is 20.1. The van der Waals surface area contributed by atoms with Crippen LogP contribution in [0.5, 0.6) is 5.75 Å². The zero-order chi connectivity index (χ0) is 21.1. The van der Waals surface area contributed by atoms with Gasteiger partial charge in [0.05, 0.1) is 29.7 Å². The minimum absolute atomic E-state index is 0.0477. The monoisotopic (exact) mass is 408 g/mol. The summed E-state index contributed by atoms with van der Waals surface area (Å²) >= 11 is 0. The lowest BCUT2D eigenvalue weighted by molar-refractivity contribution is -0.115. The number of allylic oxidation sites excluding steroid dienone is 2. The lowest BCUT2D eigenvalue weighted by Gasteiger charge is -2.17. The molecule has 2 aromatic rings. The van der Waals surface area contributed by atoms with Crippen molar-refractivity contribution in [2.24, 2.45) is 4.99 Å². The summed E-state index contributed by atoms with van der Waals surface area (Å²) in [7, 11) is 1.56. The second-order valence-electron chi connectivity index (χ2n) is 7.53. The fraction of sp³-hybridized carbons (Fsp3) is 0.391. The molecule has 1 aromatic carbocycles. The van der Waals surface area contributed by atoms with Crippen molar-refractivity contribution in [3.05, 3.63) is 52.6 Å². The maximum Gasteiger partial charge on any atom is 0.168 e. The van der Waals surface area contributed by atoms with Gasteiger partial charge >= 0.3 is 0 Å². The van der Waals surface area contributed by atoms with Gasteiger partial charge in [0.2, 0.25) is 0 Å². The molecule has 0 atom stereocenters. The average Bonchev–Trinajstić information content (AvgIpc) is 3.16. The van der Waals surface area contributed by atoms with Crippen LogP contribution in [0, 0.1) is 0 Å². The van der Waals surface area contributed by atoms with Gasteiger partial charge in [-0.05, 0) is 37.8 Å². The summed E-state index contributed by atoms with van der Waals surface area (Å²) in [6.07, 6.45) is 4.16. The van der Waals surface area contributed by atoms with Gasteiger partial charge in [-0.25, -0.2) is 4.99 Å². The summed E-state index contributed by atoms with van der Waals surface area (Å²) < 4.78 is 10.8. The topological polar surface area (TPSA) is 102 Å². The fourth-order valence-corrected chi connectivity index (χ4v) is 4.05. The number of benzene rings is 1. The Morgan fingerprint density at radius 1 is 1.13 bits per heavy atom. The van der Waals surface area contributed by atoms with Crippen LogP contribution in [0.15, 0.2) is 45.1 Å². The van der Waals surface area contributed by atoms with Crippen LogP contribution in [-0.4, -0.2) is 34.7 Å². The molecule has 2 aliphatic carbocycles. The number of aryl methyl sites for hydroxylation is 2. The summed E-state index contributed by atoms with van der Waals surface area (Å²) in [5, 5.41) is 14.6. The highest BCUT2D eigenvalue weighted by Gasteiger charge is 2.28. The predicted octanol–water partition coefficient (Wildman–Crippen LogP) is 4.47. The van der Waals surface area contributed by atoms with E-state index in [2.05, 4.69) is 5.16 Å². The molecule has 156 valence electrons. The number of aromatic nitrogens is 1. The van der Waals surface area contributed by atoms with Crippen LogP contribution in [0.25, 0.3) is 0 Å². The highest BCUT2D eigenvalue weighted by Crippen LogP contribution is 2.31. The molecule has 1 aromatic heterocycles. The molecule has 4 rings (SSSR count). The van der Waals surface area contributed by atoms with Crippen molar-refractivity contribution in [1.29, 1.82) is 0 Å². The van der Waals surface area contributed by atoms with Gasteiger partial charge in [0.1, 0.15) is 23.0 Å². The summed E-state index contributed by atoms with van der Waals surface area (Å²) in [6, 6.07) is 7.27. The number of aliphatic imine (C=N–C) groups is 1. The summed E-state index contributed by atoms with van der Waals surface area (Å²) in [6.45, 7) is 0. The molecule has 0 spiro atoms. The molecule has 0 radical (unpaired) electrons. The number of para-hydroxylation sites is 2. The molecule has 0 aliphatic heterocycles. The van der Waals surface area contributed by atoms with Crippen LogP contribution in [-0.2, 0) is 17.6 Å². The number of carbonyl (C=O) groups is 2. The third-order valence-electron chi connectivity index (χ3n) is 5.53. The number of nitrogens with zero attached hydrogens (tertiary/aromatic N) is 2. The van der Waals surface area contributed by atoms with Crippen LogP contribution in [0.3, 0.4) is 0 Å². The molecule has 7 nitrogen and oxygen atoms in total. The van der Waals surface area contributed by atoms with Gasteiger partial charge in [-0.1, -0.05) is 17.3 Å². The van der Waals surface area contributed by atoms with Crippen molar-refractivity contribution >= 4 is 23.0 Å². The molecular formula is C23H24N2O5. The third kappa shape index (κ3) is 3.92. The molecule has 0 saturated heterocycles. The molecular weight excluding hydrogens is 384 g/mol. The molecule has 0 fully saturated rings. The first-order chi connectivity index (χ1) is 14.6. The minimum Gasteiger partial charge on any atom is -0.511 e. The zero-order valence-electron chi connectivity index (χ0n) is 16.9. The van der Waals surface area contributed by atoms with Gasteiger partial charge in [0.15, 0.2) is 11.6 Å². The van der Waals surface area contributed by atoms with Crippen molar-refractivity contribution in [3.63, 3.8) is 0 Å². The highest BCUT2D eigenvalue weighted by molar-refractivity contribution is 6.23. The minimum atomic E-state index is -0.120. The van der Waals surface area contributed by atoms with E-state index in [9.17, 15) is 14.7 Å². The average molecular weight is 408 g/mol. The number of aliphatic hydroxyl groups is 1. The maximum absolute atomic E-state index is 12.6. The summed E-state index contributed by atoms with van der Waals surface area (Å²) in [5.74, 6) is 1.21. The van der Waals surface area contributed by atoms with E-state index in [0.29, 0.717) is 79.1 Å². The second-order valence-corrected chi connectivity index (χ2v) is 7.53. The number of ketones is 2. The molecule has 1 heterocycles. The SMILES string of the molecule is COc1ccccc1N=C(CCc1noc2c1C(=O)CCC2)C1=C(O)CCCC1=O. The number of hydrogen-bond acceptors (Lipinski definition) is 7. The summed E-state index contributed by atoms with van der Waals surface area (Å²) in [5.41, 5.74) is 2.49. The normalized spacial score (nSPS) is 17.3. The first-order valence-corrected chi connectivity index (χ1v) is 10.3. The van der Waals surface area contributed by atoms with E-state index >= 15 is 0 Å². The highest BCUT2D eigenvalue weighted by atomic mass is 16.5. The van der Waals surface area contributed by atoms with E-state index in [1.54, 1.807) is 19.2 Å². The Morgan fingerprint density at radius 3 is 2.70 bits per heavy atom. The zero-order valence-corrected chi connectivity index (χ0v) is 16.9. The van der Waals surface area contributed by atoms with Gasteiger partial charge in [-0.3, -0.25) is 9.59 Å². The Bertz CT molecular complexity index is 1050. The second kappa shape index (κ2) is 8.65. The molecule has 0 amide bonds. The van der Waals surface area contributed by atoms with Gasteiger partial charge < -0.3 is 14.4 Å². The first-order valence-electron chi connectivity index (χ1n) is 10.3. The number of carbonyl (C=O) groups excluding carboxylic acids is 2. The van der Waals surface area contributed by atoms with E-state index in [-0.39, 0.29) is 22.9 Å². The van der Waals surface area contributed by atoms with Crippen LogP contribution in [0.1, 0.15) is 60.3 Å². The maximum atomic E-state index is 12.6. The van der Waals surface area contributed by atoms with Crippen molar-refractivity contribution in [2.45, 2.75) is 51.4 Å². The van der Waals surface area contributed by atoms with E-state index in [1.807, 2.05) is 12.1 Å². The molecule has 30 heavy (non-hydrogen) atoms. The van der Waals surface area contributed by atoms with Crippen LogP contribution in [0.4, 0.5) is 5.69 Å². The fourth-order valence-electron chi connectivity index (χ4n) is 4.05. The van der Waals surface area contributed by atoms with E-state index in [1.165, 1.54) is 0 Å². The van der Waals surface area contributed by atoms with Crippen LogP contribution < -0.4 is 4.74 Å². The number of methoxy groups -OCH3 is 1. The predicted molar refractivity (Wildman–Crippen MR) is 111 cm³/mol. The molecule has 2 aliphatic rings. The third-order valence-corrected chi connectivity index (χ3v) is 5.53. The largest absolute Gasteiger partial charge is 0.511 e. The van der Waals surface area contributed by atoms with Crippen molar-refractivity contribution in [3.8, 4) is 5.75 Å². The Balaban J connectivity index is 1.70. The van der Waals surface area contributed by atoms with E-state index < -0.39 is 0 Å². The smallest absolute Gasteiger partial charge is 0.168 e. The van der Waals surface area contributed by atoms with Gasteiger partial charge in [0.25, 0.3) is 0 Å².